The van der Waals surface area contributed by atoms with E-state index in [0.717, 1.165) is 53.4 Å². The molecule has 2 aliphatic rings. The summed E-state index contributed by atoms with van der Waals surface area (Å²) in [5, 5.41) is 4.40. The van der Waals surface area contributed by atoms with Gasteiger partial charge in [0.15, 0.2) is 5.84 Å². The molecular weight excluding hydrogens is 381 g/mol. The summed E-state index contributed by atoms with van der Waals surface area (Å²) in [4.78, 5) is 16.8. The van der Waals surface area contributed by atoms with E-state index in [0.29, 0.717) is 0 Å². The third-order valence-electron chi connectivity index (χ3n) is 5.66. The van der Waals surface area contributed by atoms with E-state index in [1.807, 2.05) is 42.9 Å². The van der Waals surface area contributed by atoms with Gasteiger partial charge in [-0.05, 0) is 61.2 Å². The molecule has 5 rings (SSSR count). The van der Waals surface area contributed by atoms with Crippen LogP contribution in [0.5, 0.6) is 0 Å². The van der Waals surface area contributed by atoms with E-state index in [1.165, 1.54) is 12.1 Å². The van der Waals surface area contributed by atoms with Gasteiger partial charge in [0.2, 0.25) is 5.72 Å². The van der Waals surface area contributed by atoms with Crippen molar-refractivity contribution in [2.24, 2.45) is 5.16 Å². The number of benzene rings is 1. The predicted octanol–water partition coefficient (Wildman–Crippen LogP) is 4.41. The van der Waals surface area contributed by atoms with Gasteiger partial charge in [0, 0.05) is 31.4 Å². The van der Waals surface area contributed by atoms with Crippen LogP contribution in [0.25, 0.3) is 11.9 Å². The van der Waals surface area contributed by atoms with Crippen molar-refractivity contribution in [2.45, 2.75) is 32.4 Å². The van der Waals surface area contributed by atoms with Crippen LogP contribution in [0.2, 0.25) is 0 Å². The minimum atomic E-state index is -0.732. The molecule has 0 bridgehead atoms. The monoisotopic (exact) mass is 403 g/mol. The Kier molecular flexibility index (Phi) is 4.38. The van der Waals surface area contributed by atoms with Gasteiger partial charge >= 0.3 is 0 Å². The van der Waals surface area contributed by atoms with Crippen molar-refractivity contribution in [2.75, 3.05) is 6.54 Å². The van der Waals surface area contributed by atoms with Gasteiger partial charge < -0.3 is 9.74 Å². The van der Waals surface area contributed by atoms with Crippen LogP contribution >= 0.6 is 0 Å². The van der Waals surface area contributed by atoms with E-state index >= 15 is 0 Å². The van der Waals surface area contributed by atoms with Gasteiger partial charge in [0.25, 0.3) is 0 Å². The first-order chi connectivity index (χ1) is 14.5. The molecular formula is C23H22FN5O. The summed E-state index contributed by atoms with van der Waals surface area (Å²) in [6.45, 7) is 4.76. The SMILES string of the molecule is Cc1cn(-c2ccc(C=C3CCCN4C3=NOC4(C)c3ccc(F)cc3)cn2)cn1. The third-order valence-corrected chi connectivity index (χ3v) is 5.66. The van der Waals surface area contributed by atoms with Gasteiger partial charge in [0.1, 0.15) is 18.0 Å². The molecule has 0 saturated carbocycles. The molecule has 2 aliphatic heterocycles. The number of hydrogen-bond acceptors (Lipinski definition) is 5. The number of amidine groups is 1. The summed E-state index contributed by atoms with van der Waals surface area (Å²) in [5.74, 6) is 1.40. The standard InChI is InChI=1S/C23H22FN5O/c1-16-14-28(15-26-16)21-10-5-17(13-25-21)12-18-4-3-11-29-22(18)27-30-23(29,2)19-6-8-20(24)9-7-19/h5-10,12-15H,3-4,11H2,1-2H3. The number of pyridine rings is 1. The maximum Gasteiger partial charge on any atom is 0.234 e. The maximum atomic E-state index is 13.4. The lowest BCUT2D eigenvalue weighted by molar-refractivity contribution is -0.0913. The van der Waals surface area contributed by atoms with Crippen LogP contribution in [0.15, 0.2) is 65.8 Å². The van der Waals surface area contributed by atoms with E-state index in [4.69, 9.17) is 4.84 Å². The molecule has 2 aromatic heterocycles. The fourth-order valence-electron chi connectivity index (χ4n) is 4.01. The summed E-state index contributed by atoms with van der Waals surface area (Å²) < 4.78 is 15.3. The van der Waals surface area contributed by atoms with Crippen molar-refractivity contribution in [1.82, 2.24) is 19.4 Å². The van der Waals surface area contributed by atoms with E-state index in [2.05, 4.69) is 26.1 Å². The molecule has 30 heavy (non-hydrogen) atoms. The van der Waals surface area contributed by atoms with Crippen LogP contribution in [0.4, 0.5) is 4.39 Å². The zero-order valence-corrected chi connectivity index (χ0v) is 16.9. The second kappa shape index (κ2) is 7.09. The van der Waals surface area contributed by atoms with Crippen LogP contribution < -0.4 is 0 Å². The van der Waals surface area contributed by atoms with Crippen LogP contribution in [0.3, 0.4) is 0 Å². The zero-order valence-electron chi connectivity index (χ0n) is 16.9. The number of oxime groups is 1. The average Bonchev–Trinajstić information content (AvgIpc) is 3.34. The van der Waals surface area contributed by atoms with Crippen LogP contribution in [0.1, 0.15) is 36.6 Å². The van der Waals surface area contributed by atoms with Crippen LogP contribution in [-0.4, -0.2) is 31.8 Å². The van der Waals surface area contributed by atoms with Crippen LogP contribution in [0, 0.1) is 12.7 Å². The number of aryl methyl sites for hydroxylation is 1. The lowest BCUT2D eigenvalue weighted by Crippen LogP contribution is -2.46. The summed E-state index contributed by atoms with van der Waals surface area (Å²) in [6, 6.07) is 10.4. The molecule has 0 aliphatic carbocycles. The summed E-state index contributed by atoms with van der Waals surface area (Å²) in [7, 11) is 0. The number of aromatic nitrogens is 3. The van der Waals surface area contributed by atoms with Gasteiger partial charge in [0.05, 0.1) is 5.69 Å². The fraction of sp³-hybridized carbons (Fsp3) is 0.261. The first-order valence-corrected chi connectivity index (χ1v) is 10.0. The molecule has 1 aromatic carbocycles. The Balaban J connectivity index is 1.41. The molecule has 1 saturated heterocycles. The minimum absolute atomic E-state index is 0.262. The number of piperidine rings is 1. The molecule has 152 valence electrons. The van der Waals surface area contributed by atoms with E-state index in [1.54, 1.807) is 18.5 Å². The molecule has 1 fully saturated rings. The quantitative estimate of drug-likeness (QED) is 0.650. The Morgan fingerprint density at radius 2 is 1.97 bits per heavy atom. The summed E-state index contributed by atoms with van der Waals surface area (Å²) in [5.41, 5.74) is 3.22. The minimum Gasteiger partial charge on any atom is -0.360 e. The highest BCUT2D eigenvalue weighted by Crippen LogP contribution is 2.40. The highest BCUT2D eigenvalue weighted by Gasteiger charge is 2.45. The average molecular weight is 403 g/mol. The molecule has 7 heteroatoms. The summed E-state index contributed by atoms with van der Waals surface area (Å²) in [6.07, 6.45) is 9.58. The highest BCUT2D eigenvalue weighted by molar-refractivity contribution is 6.03. The Morgan fingerprint density at radius 1 is 1.13 bits per heavy atom. The Bertz CT molecular complexity index is 1130. The number of fused-ring (bicyclic) bond motifs is 1. The Hall–Kier alpha value is -3.48. The number of rotatable bonds is 3. The Labute approximate surface area is 174 Å². The van der Waals surface area contributed by atoms with Gasteiger partial charge in [-0.3, -0.25) is 4.57 Å². The lowest BCUT2D eigenvalue weighted by atomic mass is 9.95. The van der Waals surface area contributed by atoms with Crippen molar-refractivity contribution >= 4 is 11.9 Å². The van der Waals surface area contributed by atoms with E-state index < -0.39 is 5.72 Å². The maximum absolute atomic E-state index is 13.4. The number of halogens is 1. The zero-order chi connectivity index (χ0) is 20.7. The van der Waals surface area contributed by atoms with Gasteiger partial charge in [-0.25, -0.2) is 14.4 Å². The number of hydrogen-bond donors (Lipinski definition) is 0. The molecule has 0 spiro atoms. The molecule has 1 atom stereocenters. The molecule has 0 amide bonds. The smallest absolute Gasteiger partial charge is 0.234 e. The number of nitrogens with zero attached hydrogens (tertiary/aromatic N) is 5. The van der Waals surface area contributed by atoms with E-state index in [-0.39, 0.29) is 5.82 Å². The fourth-order valence-corrected chi connectivity index (χ4v) is 4.01. The van der Waals surface area contributed by atoms with Crippen molar-refractivity contribution < 1.29 is 9.23 Å². The van der Waals surface area contributed by atoms with Crippen molar-refractivity contribution in [3.05, 3.63) is 83.3 Å². The van der Waals surface area contributed by atoms with Crippen molar-refractivity contribution in [3.8, 4) is 5.82 Å². The normalized spacial score (nSPS) is 22.0. The summed E-state index contributed by atoms with van der Waals surface area (Å²) >= 11 is 0. The molecule has 0 radical (unpaired) electrons. The number of imidazole rings is 1. The second-order valence-electron chi connectivity index (χ2n) is 7.79. The molecule has 0 N–H and O–H groups in total. The largest absolute Gasteiger partial charge is 0.360 e. The first-order valence-electron chi connectivity index (χ1n) is 10.0. The van der Waals surface area contributed by atoms with Crippen LogP contribution in [-0.2, 0) is 10.6 Å². The van der Waals surface area contributed by atoms with Gasteiger partial charge in [-0.1, -0.05) is 17.3 Å². The Morgan fingerprint density at radius 3 is 2.67 bits per heavy atom. The molecule has 3 aromatic rings. The third kappa shape index (κ3) is 3.16. The molecule has 1 unspecified atom stereocenters. The molecule has 6 nitrogen and oxygen atoms in total. The van der Waals surface area contributed by atoms with Crippen molar-refractivity contribution in [1.29, 1.82) is 0 Å². The topological polar surface area (TPSA) is 55.5 Å². The first kappa shape index (κ1) is 18.5. The van der Waals surface area contributed by atoms with E-state index in [9.17, 15) is 4.39 Å². The molecule has 4 heterocycles. The van der Waals surface area contributed by atoms with Gasteiger partial charge in [-0.15, -0.1) is 0 Å². The predicted molar refractivity (Wildman–Crippen MR) is 112 cm³/mol. The second-order valence-corrected chi connectivity index (χ2v) is 7.79. The van der Waals surface area contributed by atoms with Gasteiger partial charge in [-0.2, -0.15) is 0 Å². The van der Waals surface area contributed by atoms with Crippen molar-refractivity contribution in [3.63, 3.8) is 0 Å². The highest BCUT2D eigenvalue weighted by atomic mass is 19.1. The lowest BCUT2D eigenvalue weighted by Gasteiger charge is -2.37.